The number of aromatic amines is 1. The van der Waals surface area contributed by atoms with E-state index < -0.39 is 35.8 Å². The van der Waals surface area contributed by atoms with Crippen LogP contribution < -0.4 is 9.47 Å². The van der Waals surface area contributed by atoms with Crippen LogP contribution in [0.3, 0.4) is 0 Å². The number of carbonyl (C=O) groups is 2. The number of fused-ring (bicyclic) bond motifs is 1. The first-order chi connectivity index (χ1) is 17.4. The Hall–Kier alpha value is -4.54. The minimum atomic E-state index is -4.39. The molecule has 0 saturated carbocycles. The molecule has 0 spiro atoms. The molecule has 3 N–H and O–H groups in total. The number of carboxylic acid groups (broad SMARTS) is 2. The fraction of sp³-hybridized carbons (Fsp3) is 0.192. The number of nitrogens with one attached hydrogen (secondary N) is 1. The lowest BCUT2D eigenvalue weighted by Gasteiger charge is -2.15. The number of H-pyrrole nitrogens is 1. The van der Waals surface area contributed by atoms with Crippen molar-refractivity contribution in [1.29, 1.82) is 0 Å². The maximum atomic E-state index is 12.7. The molecule has 8 nitrogen and oxygen atoms in total. The average Bonchev–Trinajstić information content (AvgIpc) is 3.20. The second kappa shape index (κ2) is 9.84. The fourth-order valence-electron chi connectivity index (χ4n) is 3.91. The Morgan fingerprint density at radius 3 is 2.24 bits per heavy atom. The first-order valence-electron chi connectivity index (χ1n) is 11.0. The molecule has 4 rings (SSSR count). The maximum absolute atomic E-state index is 12.7. The van der Waals surface area contributed by atoms with Gasteiger partial charge in [0.15, 0.2) is 0 Å². The van der Waals surface area contributed by atoms with Crippen LogP contribution in [0.2, 0.25) is 0 Å². The molecule has 37 heavy (non-hydrogen) atoms. The number of halogens is 3. The topological polar surface area (TPSA) is 122 Å². The van der Waals surface area contributed by atoms with E-state index in [9.17, 15) is 33.0 Å². The number of pyridine rings is 1. The molecule has 0 amide bonds. The van der Waals surface area contributed by atoms with Gasteiger partial charge < -0.3 is 24.7 Å². The quantitative estimate of drug-likeness (QED) is 0.252. The fourth-order valence-corrected chi connectivity index (χ4v) is 3.91. The molecule has 2 heterocycles. The van der Waals surface area contributed by atoms with Gasteiger partial charge >= 0.3 is 18.1 Å². The highest BCUT2D eigenvalue weighted by atomic mass is 19.4. The number of hydrogen-bond donors (Lipinski definition) is 3. The van der Waals surface area contributed by atoms with Crippen LogP contribution in [0, 0.1) is 0 Å². The lowest BCUT2D eigenvalue weighted by molar-refractivity contribution is -0.127. The number of benzene rings is 2. The molecule has 2 aromatic heterocycles. The second-order valence-electron chi connectivity index (χ2n) is 8.44. The zero-order chi connectivity index (χ0) is 26.9. The van der Waals surface area contributed by atoms with E-state index in [1.165, 1.54) is 24.3 Å². The molecule has 4 aromatic rings. The normalized spacial score (nSPS) is 11.6. The smallest absolute Gasteiger partial charge is 0.393 e. The van der Waals surface area contributed by atoms with Gasteiger partial charge in [0, 0.05) is 28.7 Å². The van der Waals surface area contributed by atoms with E-state index in [0.29, 0.717) is 11.3 Å². The number of hydrogen-bond acceptors (Lipinski definition) is 5. The van der Waals surface area contributed by atoms with Crippen molar-refractivity contribution in [3.63, 3.8) is 0 Å². The molecule has 0 aliphatic heterocycles. The van der Waals surface area contributed by atoms with E-state index in [2.05, 4.69) is 9.97 Å². The number of aromatic carboxylic acids is 2. The summed E-state index contributed by atoms with van der Waals surface area (Å²) < 4.78 is 49.6. The summed E-state index contributed by atoms with van der Waals surface area (Å²) in [7, 11) is 0. The van der Waals surface area contributed by atoms with Gasteiger partial charge in [0.05, 0.1) is 12.5 Å². The number of aromatic nitrogens is 2. The van der Waals surface area contributed by atoms with Crippen LogP contribution in [0.25, 0.3) is 22.0 Å². The summed E-state index contributed by atoms with van der Waals surface area (Å²) in [6, 6.07) is 12.1. The number of rotatable bonds is 8. The molecule has 0 atom stereocenters. The lowest BCUT2D eigenvalue weighted by atomic mass is 9.97. The van der Waals surface area contributed by atoms with Crippen LogP contribution in [0.15, 0.2) is 54.7 Å². The molecule has 0 unspecified atom stereocenters. The number of nitrogens with zero attached hydrogens (tertiary/aromatic N) is 1. The minimum absolute atomic E-state index is 0.0304. The van der Waals surface area contributed by atoms with E-state index in [-0.39, 0.29) is 39.8 Å². The third-order valence-corrected chi connectivity index (χ3v) is 5.29. The molecular weight excluding hydrogens is 493 g/mol. The van der Waals surface area contributed by atoms with Crippen molar-refractivity contribution in [1.82, 2.24) is 9.97 Å². The van der Waals surface area contributed by atoms with Crippen molar-refractivity contribution in [3.8, 4) is 28.5 Å². The van der Waals surface area contributed by atoms with Crippen molar-refractivity contribution in [2.75, 3.05) is 0 Å². The summed E-state index contributed by atoms with van der Waals surface area (Å²) in [6.45, 7) is 3.72. The third kappa shape index (κ3) is 5.66. The standard InChI is InChI=1S/C26H21F3N2O6/c1-13(2)36-16-6-4-15(5-7-16)20-18(37-19-10-3-14(12-30-19)11-26(27,28)29)9-8-17-21(20)22(24(32)33)23(31-17)25(34)35/h3-10,12-13,31H,11H2,1-2H3,(H,32,33)(H,34,35). The molecule has 0 aliphatic rings. The predicted molar refractivity (Wildman–Crippen MR) is 127 cm³/mol. The third-order valence-electron chi connectivity index (χ3n) is 5.29. The van der Waals surface area contributed by atoms with Crippen molar-refractivity contribution in [2.45, 2.75) is 32.5 Å². The van der Waals surface area contributed by atoms with Crippen molar-refractivity contribution >= 4 is 22.8 Å². The highest BCUT2D eigenvalue weighted by Crippen LogP contribution is 2.42. The Kier molecular flexibility index (Phi) is 6.80. The molecule has 0 saturated heterocycles. The van der Waals surface area contributed by atoms with Gasteiger partial charge in [-0.1, -0.05) is 18.2 Å². The van der Waals surface area contributed by atoms with Crippen LogP contribution in [0.5, 0.6) is 17.4 Å². The van der Waals surface area contributed by atoms with E-state index >= 15 is 0 Å². The Morgan fingerprint density at radius 1 is 1.00 bits per heavy atom. The molecule has 0 bridgehead atoms. The van der Waals surface area contributed by atoms with Gasteiger partial charge in [0.25, 0.3) is 0 Å². The van der Waals surface area contributed by atoms with Crippen LogP contribution in [-0.4, -0.2) is 44.4 Å². The molecule has 192 valence electrons. The SMILES string of the molecule is CC(C)Oc1ccc(-c2c(Oc3ccc(CC(F)(F)F)cn3)ccc3[nH]c(C(=O)O)c(C(=O)O)c23)cc1. The highest BCUT2D eigenvalue weighted by Gasteiger charge is 2.29. The summed E-state index contributed by atoms with van der Waals surface area (Å²) in [5.41, 5.74) is -0.0247. The van der Waals surface area contributed by atoms with Gasteiger partial charge in [0.2, 0.25) is 5.88 Å². The first-order valence-corrected chi connectivity index (χ1v) is 11.0. The van der Waals surface area contributed by atoms with Crippen molar-refractivity contribution in [3.05, 3.63) is 71.5 Å². The van der Waals surface area contributed by atoms with Crippen molar-refractivity contribution in [2.24, 2.45) is 0 Å². The van der Waals surface area contributed by atoms with Gasteiger partial charge in [-0.05, 0) is 49.2 Å². The van der Waals surface area contributed by atoms with Crippen LogP contribution in [-0.2, 0) is 6.42 Å². The van der Waals surface area contributed by atoms with E-state index in [0.717, 1.165) is 6.20 Å². The summed E-state index contributed by atoms with van der Waals surface area (Å²) in [6.07, 6.45) is -4.58. The summed E-state index contributed by atoms with van der Waals surface area (Å²) in [5.74, 6) is -2.26. The van der Waals surface area contributed by atoms with Crippen LogP contribution >= 0.6 is 0 Å². The van der Waals surface area contributed by atoms with E-state index in [1.54, 1.807) is 24.3 Å². The van der Waals surface area contributed by atoms with E-state index in [4.69, 9.17) is 9.47 Å². The zero-order valence-corrected chi connectivity index (χ0v) is 19.6. The lowest BCUT2D eigenvalue weighted by Crippen LogP contribution is -2.11. The molecule has 0 radical (unpaired) electrons. The van der Waals surface area contributed by atoms with Crippen LogP contribution in [0.1, 0.15) is 40.3 Å². The second-order valence-corrected chi connectivity index (χ2v) is 8.44. The Morgan fingerprint density at radius 2 is 1.70 bits per heavy atom. The molecule has 2 aromatic carbocycles. The summed E-state index contributed by atoms with van der Waals surface area (Å²) in [5, 5.41) is 19.5. The summed E-state index contributed by atoms with van der Waals surface area (Å²) >= 11 is 0. The average molecular weight is 514 g/mol. The monoisotopic (exact) mass is 514 g/mol. The number of ether oxygens (including phenoxy) is 2. The van der Waals surface area contributed by atoms with Crippen molar-refractivity contribution < 1.29 is 42.4 Å². The maximum Gasteiger partial charge on any atom is 0.393 e. The Bertz CT molecular complexity index is 1460. The molecule has 0 aliphatic carbocycles. The zero-order valence-electron chi connectivity index (χ0n) is 19.6. The first kappa shape index (κ1) is 25.5. The molecular formula is C26H21F3N2O6. The van der Waals surface area contributed by atoms with Gasteiger partial charge in [-0.3, -0.25) is 0 Å². The Labute approximate surface area is 208 Å². The predicted octanol–water partition coefficient (Wildman–Crippen LogP) is 6.31. The van der Waals surface area contributed by atoms with Gasteiger partial charge in [-0.15, -0.1) is 0 Å². The Balaban J connectivity index is 1.87. The van der Waals surface area contributed by atoms with Gasteiger partial charge in [-0.25, -0.2) is 14.6 Å². The van der Waals surface area contributed by atoms with Gasteiger partial charge in [0.1, 0.15) is 22.8 Å². The highest BCUT2D eigenvalue weighted by molar-refractivity contribution is 6.16. The largest absolute Gasteiger partial charge is 0.491 e. The summed E-state index contributed by atoms with van der Waals surface area (Å²) in [4.78, 5) is 30.5. The van der Waals surface area contributed by atoms with E-state index in [1.807, 2.05) is 13.8 Å². The molecule has 0 fully saturated rings. The van der Waals surface area contributed by atoms with Gasteiger partial charge in [-0.2, -0.15) is 13.2 Å². The number of carboxylic acids is 2. The minimum Gasteiger partial charge on any atom is -0.491 e. The molecule has 11 heteroatoms. The van der Waals surface area contributed by atoms with Crippen LogP contribution in [0.4, 0.5) is 13.2 Å². The number of alkyl halides is 3.